The smallest absolute Gasteiger partial charge is 0.372 e. The summed E-state index contributed by atoms with van der Waals surface area (Å²) < 4.78 is 39.6. The summed E-state index contributed by atoms with van der Waals surface area (Å²) >= 11 is 1.79. The third kappa shape index (κ3) is 12.1. The van der Waals surface area contributed by atoms with Crippen molar-refractivity contribution in [3.8, 4) is 0 Å². The normalized spacial score (nSPS) is 14.1. The Morgan fingerprint density at radius 2 is 2.06 bits per heavy atom. The number of hydrogen-bond acceptors (Lipinski definition) is 3. The summed E-state index contributed by atoms with van der Waals surface area (Å²) in [5, 5.41) is 3.24. The van der Waals surface area contributed by atoms with Crippen molar-refractivity contribution in [2.45, 2.75) is 32.0 Å². The van der Waals surface area contributed by atoms with E-state index in [9.17, 15) is 13.2 Å². The van der Waals surface area contributed by atoms with Crippen LogP contribution in [0.25, 0.3) is 0 Å². The number of ether oxygens (including phenoxy) is 1. The number of thioether (sulfide) groups is 1. The molecule has 0 aromatic rings. The van der Waals surface area contributed by atoms with Crippen LogP contribution in [0.1, 0.15) is 19.8 Å². The highest BCUT2D eigenvalue weighted by Crippen LogP contribution is 2.14. The molecule has 0 heterocycles. The van der Waals surface area contributed by atoms with Gasteiger partial charge in [-0.15, -0.1) is 0 Å². The molecule has 98 valence electrons. The van der Waals surface area contributed by atoms with E-state index in [4.69, 9.17) is 0 Å². The van der Waals surface area contributed by atoms with Crippen molar-refractivity contribution in [3.63, 3.8) is 0 Å². The van der Waals surface area contributed by atoms with E-state index in [1.54, 1.807) is 11.8 Å². The lowest BCUT2D eigenvalue weighted by molar-refractivity contribution is -0.173. The molecule has 0 radical (unpaired) electrons. The minimum Gasteiger partial charge on any atom is -0.372 e. The maximum atomic E-state index is 11.7. The Kier molecular flexibility index (Phi) is 9.16. The SMILES string of the molecule is CSCCC(C)NCCCOCC(F)(F)F. The molecule has 1 atom stereocenters. The first-order valence-electron chi connectivity index (χ1n) is 5.32. The van der Waals surface area contributed by atoms with Gasteiger partial charge in [-0.1, -0.05) is 0 Å². The van der Waals surface area contributed by atoms with E-state index in [2.05, 4.69) is 23.2 Å². The van der Waals surface area contributed by atoms with E-state index in [0.717, 1.165) is 12.2 Å². The van der Waals surface area contributed by atoms with Gasteiger partial charge in [0, 0.05) is 12.6 Å². The van der Waals surface area contributed by atoms with Gasteiger partial charge >= 0.3 is 6.18 Å². The predicted molar refractivity (Wildman–Crippen MR) is 62.0 cm³/mol. The third-order valence-corrected chi connectivity index (χ3v) is 2.62. The summed E-state index contributed by atoms with van der Waals surface area (Å²) in [5.41, 5.74) is 0. The van der Waals surface area contributed by atoms with E-state index in [1.807, 2.05) is 0 Å². The molecule has 6 heteroatoms. The molecule has 0 aromatic heterocycles. The van der Waals surface area contributed by atoms with E-state index < -0.39 is 12.8 Å². The molecule has 0 aliphatic carbocycles. The summed E-state index contributed by atoms with van der Waals surface area (Å²) in [6.07, 6.45) is -0.471. The molecular formula is C10H20F3NOS. The van der Waals surface area contributed by atoms with Gasteiger partial charge in [-0.05, 0) is 38.3 Å². The highest BCUT2D eigenvalue weighted by molar-refractivity contribution is 7.98. The van der Waals surface area contributed by atoms with Crippen molar-refractivity contribution in [1.82, 2.24) is 5.32 Å². The minimum absolute atomic E-state index is 0.155. The summed E-state index contributed by atoms with van der Waals surface area (Å²) in [5.74, 6) is 1.10. The zero-order valence-corrected chi connectivity index (χ0v) is 10.6. The average Bonchev–Trinajstić information content (AvgIpc) is 2.18. The van der Waals surface area contributed by atoms with Crippen LogP contribution in [0.5, 0.6) is 0 Å². The molecule has 0 spiro atoms. The van der Waals surface area contributed by atoms with E-state index in [1.165, 1.54) is 0 Å². The topological polar surface area (TPSA) is 21.3 Å². The van der Waals surface area contributed by atoms with Gasteiger partial charge in [0.15, 0.2) is 0 Å². The van der Waals surface area contributed by atoms with Crippen LogP contribution in [0, 0.1) is 0 Å². The second kappa shape index (κ2) is 9.13. The van der Waals surface area contributed by atoms with Crippen molar-refractivity contribution in [2.75, 3.05) is 31.8 Å². The maximum absolute atomic E-state index is 11.7. The maximum Gasteiger partial charge on any atom is 0.411 e. The van der Waals surface area contributed by atoms with Crippen molar-refractivity contribution >= 4 is 11.8 Å². The van der Waals surface area contributed by atoms with Crippen LogP contribution in [-0.4, -0.2) is 44.0 Å². The first-order valence-corrected chi connectivity index (χ1v) is 6.72. The summed E-state index contributed by atoms with van der Waals surface area (Å²) in [7, 11) is 0. The van der Waals surface area contributed by atoms with Gasteiger partial charge in [-0.25, -0.2) is 0 Å². The van der Waals surface area contributed by atoms with Crippen molar-refractivity contribution < 1.29 is 17.9 Å². The van der Waals surface area contributed by atoms with Gasteiger partial charge in [0.2, 0.25) is 0 Å². The third-order valence-electron chi connectivity index (χ3n) is 1.98. The molecular weight excluding hydrogens is 239 g/mol. The lowest BCUT2D eigenvalue weighted by Gasteiger charge is -2.13. The fourth-order valence-corrected chi connectivity index (χ4v) is 1.70. The fraction of sp³-hybridized carbons (Fsp3) is 1.00. The van der Waals surface area contributed by atoms with Crippen LogP contribution in [0.2, 0.25) is 0 Å². The molecule has 0 aliphatic rings. The summed E-state index contributed by atoms with van der Waals surface area (Å²) in [4.78, 5) is 0. The van der Waals surface area contributed by atoms with Crippen LogP contribution in [-0.2, 0) is 4.74 Å². The molecule has 0 saturated carbocycles. The van der Waals surface area contributed by atoms with Crippen LogP contribution < -0.4 is 5.32 Å². The van der Waals surface area contributed by atoms with Crippen LogP contribution in [0.4, 0.5) is 13.2 Å². The second-order valence-electron chi connectivity index (χ2n) is 3.66. The van der Waals surface area contributed by atoms with E-state index in [0.29, 0.717) is 19.0 Å². The van der Waals surface area contributed by atoms with Gasteiger partial charge in [0.25, 0.3) is 0 Å². The molecule has 0 rings (SSSR count). The second-order valence-corrected chi connectivity index (χ2v) is 4.64. The molecule has 1 unspecified atom stereocenters. The Balaban J connectivity index is 3.20. The summed E-state index contributed by atoms with van der Waals surface area (Å²) in [6, 6.07) is 0.412. The predicted octanol–water partition coefficient (Wildman–Crippen LogP) is 2.69. The van der Waals surface area contributed by atoms with Gasteiger partial charge < -0.3 is 10.1 Å². The Morgan fingerprint density at radius 1 is 1.38 bits per heavy atom. The first-order chi connectivity index (χ1) is 7.45. The standard InChI is InChI=1S/C10H20F3NOS/c1-9(4-7-16-2)14-5-3-6-15-8-10(11,12)13/h9,14H,3-8H2,1-2H3. The Hall–Kier alpha value is 0.0600. The molecule has 0 aliphatic heterocycles. The van der Waals surface area contributed by atoms with E-state index in [-0.39, 0.29) is 6.61 Å². The molecule has 1 N–H and O–H groups in total. The quantitative estimate of drug-likeness (QED) is 0.643. The number of nitrogens with one attached hydrogen (secondary N) is 1. The highest BCUT2D eigenvalue weighted by atomic mass is 32.2. The Bertz CT molecular complexity index is 167. The van der Waals surface area contributed by atoms with Gasteiger partial charge in [-0.3, -0.25) is 0 Å². The lowest BCUT2D eigenvalue weighted by atomic mass is 10.2. The number of rotatable bonds is 9. The largest absolute Gasteiger partial charge is 0.411 e. The van der Waals surface area contributed by atoms with Gasteiger partial charge in [-0.2, -0.15) is 24.9 Å². The van der Waals surface area contributed by atoms with Crippen LogP contribution in [0.15, 0.2) is 0 Å². The molecule has 0 bridgehead atoms. The summed E-state index contributed by atoms with van der Waals surface area (Å²) in [6.45, 7) is 1.79. The van der Waals surface area contributed by atoms with Crippen molar-refractivity contribution in [3.05, 3.63) is 0 Å². The fourth-order valence-electron chi connectivity index (χ4n) is 1.11. The van der Waals surface area contributed by atoms with Crippen LogP contribution in [0.3, 0.4) is 0 Å². The molecule has 0 aromatic carbocycles. The van der Waals surface area contributed by atoms with Gasteiger partial charge in [0.1, 0.15) is 6.61 Å². The van der Waals surface area contributed by atoms with Crippen molar-refractivity contribution in [1.29, 1.82) is 0 Å². The molecule has 16 heavy (non-hydrogen) atoms. The molecule has 2 nitrogen and oxygen atoms in total. The lowest BCUT2D eigenvalue weighted by Crippen LogP contribution is -2.28. The first kappa shape index (κ1) is 16.1. The Morgan fingerprint density at radius 3 is 2.62 bits per heavy atom. The number of halogens is 3. The zero-order valence-electron chi connectivity index (χ0n) is 9.77. The molecule has 0 amide bonds. The van der Waals surface area contributed by atoms with Gasteiger partial charge in [0.05, 0.1) is 0 Å². The average molecular weight is 259 g/mol. The molecule has 0 saturated heterocycles. The number of alkyl halides is 3. The Labute approximate surface area is 99.3 Å². The minimum atomic E-state index is -4.21. The van der Waals surface area contributed by atoms with Crippen molar-refractivity contribution in [2.24, 2.45) is 0 Å². The van der Waals surface area contributed by atoms with Crippen LogP contribution >= 0.6 is 11.8 Å². The monoisotopic (exact) mass is 259 g/mol. The highest BCUT2D eigenvalue weighted by Gasteiger charge is 2.27. The zero-order chi connectivity index (χ0) is 12.4. The number of hydrogen-bond donors (Lipinski definition) is 1. The molecule has 0 fully saturated rings. The van der Waals surface area contributed by atoms with E-state index >= 15 is 0 Å².